The van der Waals surface area contributed by atoms with Gasteiger partial charge in [-0.25, -0.2) is 9.18 Å². The van der Waals surface area contributed by atoms with Gasteiger partial charge in [-0.15, -0.1) is 0 Å². The number of benzene rings is 2. The van der Waals surface area contributed by atoms with Gasteiger partial charge in [0.05, 0.1) is 5.02 Å². The summed E-state index contributed by atoms with van der Waals surface area (Å²) in [6, 6.07) is 12.0. The Bertz CT molecular complexity index is 643. The topological polar surface area (TPSA) is 26.3 Å². The molecule has 0 bridgehead atoms. The summed E-state index contributed by atoms with van der Waals surface area (Å²) in [5, 5.41) is 0.248. The minimum absolute atomic E-state index is 0.173. The molecule has 2 aromatic rings. The van der Waals surface area contributed by atoms with E-state index < -0.39 is 11.8 Å². The average Bonchev–Trinajstić information content (AvgIpc) is 2.46. The highest BCUT2D eigenvalue weighted by Crippen LogP contribution is 2.20. The van der Waals surface area contributed by atoms with Gasteiger partial charge in [0.2, 0.25) is 0 Å². The van der Waals surface area contributed by atoms with Crippen molar-refractivity contribution in [1.29, 1.82) is 0 Å². The molecule has 0 amide bonds. The first-order valence-corrected chi connectivity index (χ1v) is 6.78. The maximum atomic E-state index is 13.5. The third-order valence-electron chi connectivity index (χ3n) is 2.89. The van der Waals surface area contributed by atoms with Crippen LogP contribution in [0.15, 0.2) is 48.5 Å². The second-order valence-corrected chi connectivity index (χ2v) is 4.97. The first kappa shape index (κ1) is 15.3. The fourth-order valence-electron chi connectivity index (χ4n) is 1.71. The zero-order valence-corrected chi connectivity index (χ0v) is 12.2. The summed E-state index contributed by atoms with van der Waals surface area (Å²) in [5.41, 5.74) is 2.21. The Hall–Kier alpha value is -2.13. The van der Waals surface area contributed by atoms with Crippen LogP contribution < -0.4 is 0 Å². The number of ether oxygens (including phenoxy) is 1. The van der Waals surface area contributed by atoms with Crippen molar-refractivity contribution < 1.29 is 13.9 Å². The minimum Gasteiger partial charge on any atom is -0.458 e. The number of halogens is 2. The number of esters is 1. The van der Waals surface area contributed by atoms with Crippen LogP contribution in [0.2, 0.25) is 5.02 Å². The molecule has 0 saturated heterocycles. The van der Waals surface area contributed by atoms with E-state index in [0.29, 0.717) is 0 Å². The smallest absolute Gasteiger partial charge is 0.331 e. The molecule has 0 atom stereocenters. The van der Waals surface area contributed by atoms with Crippen LogP contribution in [0.1, 0.15) is 16.7 Å². The molecule has 0 saturated carbocycles. The molecule has 2 aromatic carbocycles. The first-order chi connectivity index (χ1) is 10.1. The molecule has 0 spiro atoms. The third-order valence-corrected chi connectivity index (χ3v) is 3.22. The summed E-state index contributed by atoms with van der Waals surface area (Å²) in [4.78, 5) is 11.6. The van der Waals surface area contributed by atoms with Crippen LogP contribution in [0.5, 0.6) is 0 Å². The van der Waals surface area contributed by atoms with Gasteiger partial charge in [0.15, 0.2) is 0 Å². The largest absolute Gasteiger partial charge is 0.458 e. The lowest BCUT2D eigenvalue weighted by atomic mass is 10.2. The molecule has 0 aliphatic heterocycles. The molecule has 0 aliphatic carbocycles. The van der Waals surface area contributed by atoms with Crippen molar-refractivity contribution in [2.24, 2.45) is 0 Å². The van der Waals surface area contributed by atoms with E-state index in [-0.39, 0.29) is 17.2 Å². The second kappa shape index (κ2) is 7.04. The fourth-order valence-corrected chi connectivity index (χ4v) is 1.93. The Labute approximate surface area is 127 Å². The van der Waals surface area contributed by atoms with E-state index in [4.69, 9.17) is 16.3 Å². The molecule has 0 N–H and O–H groups in total. The van der Waals surface area contributed by atoms with Gasteiger partial charge in [-0.1, -0.05) is 47.5 Å². The van der Waals surface area contributed by atoms with Crippen LogP contribution in [0.4, 0.5) is 4.39 Å². The zero-order valence-electron chi connectivity index (χ0n) is 11.5. The molecule has 4 heteroatoms. The van der Waals surface area contributed by atoms with E-state index in [1.54, 1.807) is 6.07 Å². The van der Waals surface area contributed by atoms with E-state index in [1.807, 2.05) is 31.2 Å². The number of hydrogen-bond acceptors (Lipinski definition) is 2. The van der Waals surface area contributed by atoms with E-state index in [9.17, 15) is 9.18 Å². The Kier molecular flexibility index (Phi) is 5.12. The third kappa shape index (κ3) is 4.43. The van der Waals surface area contributed by atoms with E-state index in [1.165, 1.54) is 24.3 Å². The molecular formula is C17H14ClFO2. The number of rotatable bonds is 4. The van der Waals surface area contributed by atoms with Crippen LogP contribution in [-0.4, -0.2) is 5.97 Å². The predicted molar refractivity (Wildman–Crippen MR) is 81.4 cm³/mol. The lowest BCUT2D eigenvalue weighted by Gasteiger charge is -2.03. The van der Waals surface area contributed by atoms with Crippen LogP contribution in [0, 0.1) is 12.7 Å². The lowest BCUT2D eigenvalue weighted by molar-refractivity contribution is -0.138. The lowest BCUT2D eigenvalue weighted by Crippen LogP contribution is -2.00. The Morgan fingerprint density at radius 2 is 1.95 bits per heavy atom. The predicted octanol–water partition coefficient (Wildman–Crippen LogP) is 4.54. The highest BCUT2D eigenvalue weighted by Gasteiger charge is 2.04. The molecule has 2 rings (SSSR count). The van der Waals surface area contributed by atoms with E-state index in [2.05, 4.69) is 0 Å². The summed E-state index contributed by atoms with van der Waals surface area (Å²) in [6.07, 6.45) is 2.48. The van der Waals surface area contributed by atoms with Crippen molar-refractivity contribution in [3.05, 3.63) is 76.1 Å². The van der Waals surface area contributed by atoms with Crippen molar-refractivity contribution in [1.82, 2.24) is 0 Å². The van der Waals surface area contributed by atoms with Crippen molar-refractivity contribution in [2.75, 3.05) is 0 Å². The number of aryl methyl sites for hydroxylation is 1. The molecule has 21 heavy (non-hydrogen) atoms. The molecule has 0 heterocycles. The van der Waals surface area contributed by atoms with Gasteiger partial charge < -0.3 is 4.74 Å². The number of carbonyl (C=O) groups excluding carboxylic acids is 1. The van der Waals surface area contributed by atoms with Crippen LogP contribution in [0.25, 0.3) is 6.08 Å². The van der Waals surface area contributed by atoms with Gasteiger partial charge in [0.1, 0.15) is 12.4 Å². The van der Waals surface area contributed by atoms with E-state index in [0.717, 1.165) is 11.1 Å². The number of hydrogen-bond donors (Lipinski definition) is 0. The highest BCUT2D eigenvalue weighted by atomic mass is 35.5. The van der Waals surface area contributed by atoms with Crippen molar-refractivity contribution in [2.45, 2.75) is 13.5 Å². The summed E-state index contributed by atoms with van der Waals surface area (Å²) in [6.45, 7) is 2.16. The summed E-state index contributed by atoms with van der Waals surface area (Å²) >= 11 is 5.86. The fraction of sp³-hybridized carbons (Fsp3) is 0.118. The van der Waals surface area contributed by atoms with Gasteiger partial charge in [-0.2, -0.15) is 0 Å². The van der Waals surface area contributed by atoms with Crippen molar-refractivity contribution in [3.8, 4) is 0 Å². The Morgan fingerprint density at radius 3 is 2.62 bits per heavy atom. The molecule has 2 nitrogen and oxygen atoms in total. The minimum atomic E-state index is -0.546. The van der Waals surface area contributed by atoms with Gasteiger partial charge in [-0.05, 0) is 30.7 Å². The zero-order chi connectivity index (χ0) is 15.2. The SMILES string of the molecule is Cc1ccc(COC(=O)C=Cc2c(F)cccc2Cl)cc1. The van der Waals surface area contributed by atoms with E-state index >= 15 is 0 Å². The molecular weight excluding hydrogens is 291 g/mol. The van der Waals surface area contributed by atoms with Gasteiger partial charge in [0, 0.05) is 11.6 Å². The van der Waals surface area contributed by atoms with Gasteiger partial charge in [0.25, 0.3) is 0 Å². The maximum absolute atomic E-state index is 13.5. The maximum Gasteiger partial charge on any atom is 0.331 e. The highest BCUT2D eigenvalue weighted by molar-refractivity contribution is 6.32. The molecule has 0 aliphatic rings. The summed E-state index contributed by atoms with van der Waals surface area (Å²) < 4.78 is 18.6. The van der Waals surface area contributed by atoms with Crippen LogP contribution in [0.3, 0.4) is 0 Å². The van der Waals surface area contributed by atoms with Crippen LogP contribution >= 0.6 is 11.6 Å². The molecule has 0 aromatic heterocycles. The second-order valence-electron chi connectivity index (χ2n) is 4.56. The first-order valence-electron chi connectivity index (χ1n) is 6.40. The molecule has 0 radical (unpaired) electrons. The van der Waals surface area contributed by atoms with Gasteiger partial charge in [-0.3, -0.25) is 0 Å². The summed E-state index contributed by atoms with van der Waals surface area (Å²) in [5.74, 6) is -1.03. The Morgan fingerprint density at radius 1 is 1.24 bits per heavy atom. The van der Waals surface area contributed by atoms with Crippen molar-refractivity contribution in [3.63, 3.8) is 0 Å². The summed E-state index contributed by atoms with van der Waals surface area (Å²) in [7, 11) is 0. The van der Waals surface area contributed by atoms with Crippen LogP contribution in [-0.2, 0) is 16.1 Å². The quantitative estimate of drug-likeness (QED) is 0.612. The molecule has 0 fully saturated rings. The molecule has 108 valence electrons. The molecule has 0 unspecified atom stereocenters. The normalized spacial score (nSPS) is 10.8. The van der Waals surface area contributed by atoms with Crippen molar-refractivity contribution >= 4 is 23.6 Å². The number of carbonyl (C=O) groups is 1. The standard InChI is InChI=1S/C17H14ClFO2/c1-12-5-7-13(8-6-12)11-21-17(20)10-9-14-15(18)3-2-4-16(14)19/h2-10H,11H2,1H3. The average molecular weight is 305 g/mol. The Balaban J connectivity index is 1.95. The monoisotopic (exact) mass is 304 g/mol. The van der Waals surface area contributed by atoms with Gasteiger partial charge >= 0.3 is 5.97 Å².